The number of piperidine rings is 1. The molecule has 4 heteroatoms. The van der Waals surface area contributed by atoms with Crippen molar-refractivity contribution in [2.75, 3.05) is 26.7 Å². The van der Waals surface area contributed by atoms with Crippen LogP contribution in [0.25, 0.3) is 0 Å². The molecule has 0 aromatic heterocycles. The van der Waals surface area contributed by atoms with Gasteiger partial charge in [0.25, 0.3) is 0 Å². The van der Waals surface area contributed by atoms with E-state index in [1.807, 2.05) is 0 Å². The molecule has 2 rings (SSSR count). The molecule has 0 amide bonds. The van der Waals surface area contributed by atoms with Crippen molar-refractivity contribution in [1.82, 2.24) is 4.90 Å². The maximum atomic E-state index is 12.9. The Kier molecular flexibility index (Phi) is 4.40. The number of hydrogen-bond acceptors (Lipinski definition) is 2. The standard InChI is InChI=1S/C13H17BrFNO/c1-16-6-4-10(5-7-16)9-17-13-3-2-11(15)8-12(13)14/h2-3,8,10H,4-7,9H2,1H3. The van der Waals surface area contributed by atoms with Gasteiger partial charge < -0.3 is 9.64 Å². The number of halogens is 2. The van der Waals surface area contributed by atoms with E-state index in [0.717, 1.165) is 25.4 Å². The van der Waals surface area contributed by atoms with Crippen LogP contribution in [0.3, 0.4) is 0 Å². The van der Waals surface area contributed by atoms with Crippen molar-refractivity contribution in [2.24, 2.45) is 5.92 Å². The third kappa shape index (κ3) is 3.68. The summed E-state index contributed by atoms with van der Waals surface area (Å²) in [5.74, 6) is 1.09. The van der Waals surface area contributed by atoms with Gasteiger partial charge in [-0.05, 0) is 73.0 Å². The van der Waals surface area contributed by atoms with Crippen molar-refractivity contribution in [3.8, 4) is 5.75 Å². The first-order valence-electron chi connectivity index (χ1n) is 5.91. The molecule has 94 valence electrons. The number of nitrogens with zero attached hydrogens (tertiary/aromatic N) is 1. The molecule has 0 unspecified atom stereocenters. The van der Waals surface area contributed by atoms with Crippen LogP contribution in [0.1, 0.15) is 12.8 Å². The first-order valence-corrected chi connectivity index (χ1v) is 6.71. The Balaban J connectivity index is 1.85. The summed E-state index contributed by atoms with van der Waals surface area (Å²) >= 11 is 3.31. The first kappa shape index (κ1) is 12.8. The van der Waals surface area contributed by atoms with Gasteiger partial charge in [-0.25, -0.2) is 4.39 Å². The van der Waals surface area contributed by atoms with Gasteiger partial charge in [-0.2, -0.15) is 0 Å². The van der Waals surface area contributed by atoms with E-state index in [-0.39, 0.29) is 5.82 Å². The highest BCUT2D eigenvalue weighted by atomic mass is 79.9. The van der Waals surface area contributed by atoms with Gasteiger partial charge in [0.2, 0.25) is 0 Å². The molecule has 1 aromatic carbocycles. The molecular weight excluding hydrogens is 285 g/mol. The third-order valence-electron chi connectivity index (χ3n) is 3.21. The van der Waals surface area contributed by atoms with E-state index in [1.54, 1.807) is 6.07 Å². The Morgan fingerprint density at radius 1 is 1.41 bits per heavy atom. The summed E-state index contributed by atoms with van der Waals surface area (Å²) in [6.45, 7) is 3.00. The highest BCUT2D eigenvalue weighted by Gasteiger charge is 2.17. The molecule has 1 fully saturated rings. The van der Waals surface area contributed by atoms with E-state index in [1.165, 1.54) is 25.0 Å². The molecule has 0 bridgehead atoms. The van der Waals surface area contributed by atoms with Crippen LogP contribution in [0, 0.1) is 11.7 Å². The van der Waals surface area contributed by atoms with Gasteiger partial charge in [0, 0.05) is 0 Å². The molecule has 2 nitrogen and oxygen atoms in total. The van der Waals surface area contributed by atoms with Crippen LogP contribution in [0.15, 0.2) is 22.7 Å². The highest BCUT2D eigenvalue weighted by Crippen LogP contribution is 2.27. The minimum absolute atomic E-state index is 0.247. The Morgan fingerprint density at radius 3 is 2.76 bits per heavy atom. The molecule has 0 N–H and O–H groups in total. The van der Waals surface area contributed by atoms with E-state index in [9.17, 15) is 4.39 Å². The zero-order valence-corrected chi connectivity index (χ0v) is 11.5. The number of ether oxygens (including phenoxy) is 1. The lowest BCUT2D eigenvalue weighted by Gasteiger charge is -2.28. The normalized spacial score (nSPS) is 18.3. The second kappa shape index (κ2) is 5.83. The lowest BCUT2D eigenvalue weighted by Crippen LogP contribution is -2.32. The fraction of sp³-hybridized carbons (Fsp3) is 0.538. The maximum absolute atomic E-state index is 12.9. The minimum Gasteiger partial charge on any atom is -0.492 e. The lowest BCUT2D eigenvalue weighted by molar-refractivity contribution is 0.159. The van der Waals surface area contributed by atoms with Crippen LogP contribution in [-0.4, -0.2) is 31.6 Å². The predicted molar refractivity (Wildman–Crippen MR) is 69.8 cm³/mol. The Bertz CT molecular complexity index is 378. The van der Waals surface area contributed by atoms with Gasteiger partial charge in [-0.15, -0.1) is 0 Å². The predicted octanol–water partition coefficient (Wildman–Crippen LogP) is 3.31. The number of likely N-dealkylation sites (tertiary alicyclic amines) is 1. The molecule has 0 radical (unpaired) electrons. The second-order valence-corrected chi connectivity index (χ2v) is 5.49. The van der Waals surface area contributed by atoms with Gasteiger partial charge in [-0.3, -0.25) is 0 Å². The van der Waals surface area contributed by atoms with Gasteiger partial charge in [0.15, 0.2) is 0 Å². The largest absolute Gasteiger partial charge is 0.492 e. The summed E-state index contributed by atoms with van der Waals surface area (Å²) in [7, 11) is 2.15. The van der Waals surface area contributed by atoms with Crippen LogP contribution in [-0.2, 0) is 0 Å². The van der Waals surface area contributed by atoms with Gasteiger partial charge in [0.1, 0.15) is 11.6 Å². The summed E-state index contributed by atoms with van der Waals surface area (Å²) in [5, 5.41) is 0. The molecule has 0 aliphatic carbocycles. The molecule has 1 aliphatic heterocycles. The van der Waals surface area contributed by atoms with E-state index < -0.39 is 0 Å². The molecule has 1 heterocycles. The van der Waals surface area contributed by atoms with Gasteiger partial charge in [-0.1, -0.05) is 0 Å². The summed E-state index contributed by atoms with van der Waals surface area (Å²) in [6, 6.07) is 4.53. The Labute approximate surface area is 110 Å². The Hall–Kier alpha value is -0.610. The lowest BCUT2D eigenvalue weighted by atomic mass is 9.98. The maximum Gasteiger partial charge on any atom is 0.133 e. The molecule has 0 saturated carbocycles. The quantitative estimate of drug-likeness (QED) is 0.849. The van der Waals surface area contributed by atoms with Crippen molar-refractivity contribution in [3.05, 3.63) is 28.5 Å². The van der Waals surface area contributed by atoms with Crippen LogP contribution in [0.5, 0.6) is 5.75 Å². The van der Waals surface area contributed by atoms with Crippen molar-refractivity contribution in [1.29, 1.82) is 0 Å². The summed E-state index contributed by atoms with van der Waals surface area (Å²) in [5.41, 5.74) is 0. The van der Waals surface area contributed by atoms with Crippen LogP contribution >= 0.6 is 15.9 Å². The van der Waals surface area contributed by atoms with Crippen molar-refractivity contribution < 1.29 is 9.13 Å². The number of hydrogen-bond donors (Lipinski definition) is 0. The fourth-order valence-corrected chi connectivity index (χ4v) is 2.49. The van der Waals surface area contributed by atoms with Crippen molar-refractivity contribution in [2.45, 2.75) is 12.8 Å². The Morgan fingerprint density at radius 2 is 2.12 bits per heavy atom. The third-order valence-corrected chi connectivity index (χ3v) is 3.83. The molecule has 1 aromatic rings. The minimum atomic E-state index is -0.247. The van der Waals surface area contributed by atoms with Crippen molar-refractivity contribution >= 4 is 15.9 Å². The summed E-state index contributed by atoms with van der Waals surface area (Å²) < 4.78 is 19.3. The van der Waals surface area contributed by atoms with E-state index >= 15 is 0 Å². The molecule has 0 spiro atoms. The van der Waals surface area contributed by atoms with E-state index in [2.05, 4.69) is 27.9 Å². The molecule has 0 atom stereocenters. The zero-order chi connectivity index (χ0) is 12.3. The van der Waals surface area contributed by atoms with Crippen LogP contribution in [0.4, 0.5) is 4.39 Å². The molecule has 17 heavy (non-hydrogen) atoms. The first-order chi connectivity index (χ1) is 8.15. The van der Waals surface area contributed by atoms with E-state index in [0.29, 0.717) is 10.4 Å². The van der Waals surface area contributed by atoms with E-state index in [4.69, 9.17) is 4.74 Å². The highest BCUT2D eigenvalue weighted by molar-refractivity contribution is 9.10. The van der Waals surface area contributed by atoms with Gasteiger partial charge >= 0.3 is 0 Å². The topological polar surface area (TPSA) is 12.5 Å². The molecule has 1 aliphatic rings. The SMILES string of the molecule is CN1CCC(COc2ccc(F)cc2Br)CC1. The summed E-state index contributed by atoms with van der Waals surface area (Å²) in [4.78, 5) is 2.34. The smallest absolute Gasteiger partial charge is 0.133 e. The van der Waals surface area contributed by atoms with Crippen LogP contribution < -0.4 is 4.74 Å². The summed E-state index contributed by atoms with van der Waals surface area (Å²) in [6.07, 6.45) is 2.35. The van der Waals surface area contributed by atoms with Crippen molar-refractivity contribution in [3.63, 3.8) is 0 Å². The van der Waals surface area contributed by atoms with Gasteiger partial charge in [0.05, 0.1) is 11.1 Å². The van der Waals surface area contributed by atoms with Crippen LogP contribution in [0.2, 0.25) is 0 Å². The average Bonchev–Trinajstić information content (AvgIpc) is 2.30. The molecule has 1 saturated heterocycles. The number of rotatable bonds is 3. The number of benzene rings is 1. The monoisotopic (exact) mass is 301 g/mol. The average molecular weight is 302 g/mol. The molecular formula is C13H17BrFNO. The second-order valence-electron chi connectivity index (χ2n) is 4.63. The zero-order valence-electron chi connectivity index (χ0n) is 9.96. The fourth-order valence-electron chi connectivity index (χ4n) is 2.03.